The van der Waals surface area contributed by atoms with Crippen LogP contribution in [0.5, 0.6) is 0 Å². The third kappa shape index (κ3) is 6.57. The van der Waals surface area contributed by atoms with Gasteiger partial charge in [0.1, 0.15) is 0 Å². The van der Waals surface area contributed by atoms with E-state index in [2.05, 4.69) is 103 Å². The second-order valence-corrected chi connectivity index (χ2v) is 9.30. The van der Waals surface area contributed by atoms with Gasteiger partial charge in [-0.2, -0.15) is 0 Å². The number of fused-ring (bicyclic) bond motifs is 1. The lowest BCUT2D eigenvalue weighted by molar-refractivity contribution is 0.299. The lowest BCUT2D eigenvalue weighted by atomic mass is 9.95. The summed E-state index contributed by atoms with van der Waals surface area (Å²) in [4.78, 5) is 11.4. The maximum atomic E-state index is 4.47. The molecule has 2 aromatic rings. The quantitative estimate of drug-likeness (QED) is 0.468. The van der Waals surface area contributed by atoms with E-state index in [4.69, 9.17) is 0 Å². The van der Waals surface area contributed by atoms with Gasteiger partial charge in [-0.05, 0) is 56.4 Å². The molecule has 0 unspecified atom stereocenters. The zero-order chi connectivity index (χ0) is 24.5. The van der Waals surface area contributed by atoms with Crippen LogP contribution in [0.4, 0.5) is 0 Å². The van der Waals surface area contributed by atoms with Crippen molar-refractivity contribution >= 4 is 11.0 Å². The topological polar surface area (TPSA) is 53.1 Å². The molecule has 1 saturated heterocycles. The van der Waals surface area contributed by atoms with Crippen LogP contribution in [0.15, 0.2) is 76.9 Å². The van der Waals surface area contributed by atoms with Crippen molar-refractivity contribution in [1.82, 2.24) is 25.5 Å². The highest BCUT2D eigenvalue weighted by atomic mass is 15.2. The molecule has 0 bridgehead atoms. The van der Waals surface area contributed by atoms with Gasteiger partial charge in [0, 0.05) is 50.7 Å². The van der Waals surface area contributed by atoms with Gasteiger partial charge in [-0.1, -0.05) is 50.6 Å². The monoisotopic (exact) mass is 459 g/mol. The minimum Gasteiger partial charge on any atom is -0.380 e. The van der Waals surface area contributed by atoms with Crippen molar-refractivity contribution in [3.63, 3.8) is 0 Å². The summed E-state index contributed by atoms with van der Waals surface area (Å²) in [6.45, 7) is 18.1. The van der Waals surface area contributed by atoms with E-state index in [1.807, 2.05) is 0 Å². The van der Waals surface area contributed by atoms with Crippen LogP contribution in [-0.4, -0.2) is 41.0 Å². The minimum absolute atomic E-state index is 0.495. The van der Waals surface area contributed by atoms with Gasteiger partial charge in [-0.25, -0.2) is 0 Å². The second kappa shape index (κ2) is 12.5. The van der Waals surface area contributed by atoms with Crippen LogP contribution in [0, 0.1) is 5.92 Å². The van der Waals surface area contributed by atoms with Gasteiger partial charge in [0.2, 0.25) is 0 Å². The molecule has 0 aliphatic carbocycles. The zero-order valence-corrected chi connectivity index (χ0v) is 21.8. The van der Waals surface area contributed by atoms with Crippen LogP contribution in [-0.2, 0) is 6.54 Å². The van der Waals surface area contributed by atoms with E-state index >= 15 is 0 Å². The predicted octanol–water partition coefficient (Wildman–Crippen LogP) is 5.74. The average molecular weight is 460 g/mol. The normalized spacial score (nSPS) is 16.8. The average Bonchev–Trinajstić information content (AvgIpc) is 2.87. The second-order valence-electron chi connectivity index (χ2n) is 9.30. The summed E-state index contributed by atoms with van der Waals surface area (Å²) in [5, 5.41) is 7.27. The molecule has 182 valence electrons. The summed E-state index contributed by atoms with van der Waals surface area (Å²) in [5.41, 5.74) is 9.65. The Kier molecular flexibility index (Phi) is 9.46. The number of nitrogens with zero attached hydrogens (tertiary/aromatic N) is 3. The number of hydrogen-bond donors (Lipinski definition) is 2. The predicted molar refractivity (Wildman–Crippen MR) is 144 cm³/mol. The standard InChI is InChI=1S/C29H41N5/c1-7-22(5)23(6)25(11-9-21(3)4)29(34-17-15-30-16-18-34)26(8-2)33-20-24-10-12-27-28(19-24)32-14-13-31-27/h8-14,19,21,30,33H,7,15-18,20H2,1-6H3/b11-9-,23-22+,26-8+,29-25+. The van der Waals surface area contributed by atoms with Crippen molar-refractivity contribution < 1.29 is 0 Å². The first kappa shape index (κ1) is 25.7. The minimum atomic E-state index is 0.495. The molecule has 5 nitrogen and oxygen atoms in total. The summed E-state index contributed by atoms with van der Waals surface area (Å²) in [6, 6.07) is 6.32. The maximum Gasteiger partial charge on any atom is 0.0890 e. The van der Waals surface area contributed by atoms with Gasteiger partial charge in [-0.3, -0.25) is 9.97 Å². The van der Waals surface area contributed by atoms with Crippen molar-refractivity contribution in [3.05, 3.63) is 82.5 Å². The molecule has 0 spiro atoms. The fraction of sp³-hybridized carbons (Fsp3) is 0.448. The Balaban J connectivity index is 2.02. The summed E-state index contributed by atoms with van der Waals surface area (Å²) < 4.78 is 0. The Bertz CT molecular complexity index is 1080. The molecule has 2 N–H and O–H groups in total. The van der Waals surface area contributed by atoms with Crippen LogP contribution in [0.25, 0.3) is 11.0 Å². The summed E-state index contributed by atoms with van der Waals surface area (Å²) in [6.07, 6.45) is 11.4. The first-order valence-electron chi connectivity index (χ1n) is 12.6. The van der Waals surface area contributed by atoms with E-state index in [1.54, 1.807) is 12.4 Å². The molecule has 1 aromatic heterocycles. The SMILES string of the molecule is C\C=C(NCc1ccc2nccnc2c1)/C(=C(/C=C\C(C)C)C(\C)=C(/C)CC)N1CCNCC1. The van der Waals surface area contributed by atoms with Gasteiger partial charge in [0.05, 0.1) is 22.4 Å². The van der Waals surface area contributed by atoms with E-state index in [-0.39, 0.29) is 0 Å². The highest BCUT2D eigenvalue weighted by molar-refractivity contribution is 5.74. The first-order valence-corrected chi connectivity index (χ1v) is 12.6. The van der Waals surface area contributed by atoms with Crippen molar-refractivity contribution in [2.45, 2.75) is 54.5 Å². The molecule has 34 heavy (non-hydrogen) atoms. The first-order chi connectivity index (χ1) is 16.4. The molecule has 0 saturated carbocycles. The molecule has 0 atom stereocenters. The van der Waals surface area contributed by atoms with Crippen molar-refractivity contribution in [2.24, 2.45) is 5.92 Å². The number of piperazine rings is 1. The molecular weight excluding hydrogens is 418 g/mol. The summed E-state index contributed by atoms with van der Waals surface area (Å²) >= 11 is 0. The summed E-state index contributed by atoms with van der Waals surface area (Å²) in [5.74, 6) is 0.495. The molecule has 5 heteroatoms. The van der Waals surface area contributed by atoms with E-state index < -0.39 is 0 Å². The Hall–Kier alpha value is -2.92. The van der Waals surface area contributed by atoms with Gasteiger partial charge in [0.15, 0.2) is 0 Å². The lowest BCUT2D eigenvalue weighted by Gasteiger charge is -2.35. The van der Waals surface area contributed by atoms with Gasteiger partial charge in [0.25, 0.3) is 0 Å². The molecule has 3 rings (SSSR count). The highest BCUT2D eigenvalue weighted by Crippen LogP contribution is 2.28. The Morgan fingerprint density at radius 1 is 1.12 bits per heavy atom. The van der Waals surface area contributed by atoms with Crippen molar-refractivity contribution in [3.8, 4) is 0 Å². The van der Waals surface area contributed by atoms with Crippen LogP contribution in [0.2, 0.25) is 0 Å². The Morgan fingerprint density at radius 3 is 2.47 bits per heavy atom. The fourth-order valence-corrected chi connectivity index (χ4v) is 4.18. The third-order valence-electron chi connectivity index (χ3n) is 6.47. The molecular formula is C29H41N5. The van der Waals surface area contributed by atoms with Crippen molar-refractivity contribution in [1.29, 1.82) is 0 Å². The smallest absolute Gasteiger partial charge is 0.0890 e. The van der Waals surface area contributed by atoms with Gasteiger partial charge in [-0.15, -0.1) is 0 Å². The van der Waals surface area contributed by atoms with Crippen molar-refractivity contribution in [2.75, 3.05) is 26.2 Å². The molecule has 1 fully saturated rings. The van der Waals surface area contributed by atoms with Crippen LogP contribution in [0.1, 0.15) is 53.5 Å². The Morgan fingerprint density at radius 2 is 1.82 bits per heavy atom. The fourth-order valence-electron chi connectivity index (χ4n) is 4.18. The number of nitrogens with one attached hydrogen (secondary N) is 2. The van der Waals surface area contributed by atoms with E-state index in [9.17, 15) is 0 Å². The van der Waals surface area contributed by atoms with Crippen LogP contribution >= 0.6 is 0 Å². The van der Waals surface area contributed by atoms with Crippen LogP contribution < -0.4 is 10.6 Å². The van der Waals surface area contributed by atoms with E-state index in [0.29, 0.717) is 5.92 Å². The van der Waals surface area contributed by atoms with Crippen LogP contribution in [0.3, 0.4) is 0 Å². The molecule has 0 amide bonds. The highest BCUT2D eigenvalue weighted by Gasteiger charge is 2.21. The maximum absolute atomic E-state index is 4.47. The molecule has 0 radical (unpaired) electrons. The number of benzene rings is 1. The third-order valence-corrected chi connectivity index (χ3v) is 6.47. The van der Waals surface area contributed by atoms with Gasteiger partial charge >= 0.3 is 0 Å². The molecule has 1 aromatic carbocycles. The number of allylic oxidation sites excluding steroid dienone is 6. The largest absolute Gasteiger partial charge is 0.380 e. The number of hydrogen-bond acceptors (Lipinski definition) is 5. The lowest BCUT2D eigenvalue weighted by Crippen LogP contribution is -2.44. The number of aromatic nitrogens is 2. The van der Waals surface area contributed by atoms with E-state index in [1.165, 1.54) is 33.7 Å². The molecule has 2 heterocycles. The summed E-state index contributed by atoms with van der Waals surface area (Å²) in [7, 11) is 0. The number of rotatable bonds is 9. The molecule has 1 aliphatic heterocycles. The zero-order valence-electron chi connectivity index (χ0n) is 21.8. The molecule has 1 aliphatic rings. The van der Waals surface area contributed by atoms with E-state index in [0.717, 1.165) is 50.2 Å². The Labute approximate surface area is 205 Å². The van der Waals surface area contributed by atoms with Gasteiger partial charge < -0.3 is 15.5 Å².